The van der Waals surface area contributed by atoms with Crippen LogP contribution in [0.4, 0.5) is 0 Å². The monoisotopic (exact) mass is 252 g/mol. The predicted octanol–water partition coefficient (Wildman–Crippen LogP) is 3.28. The average molecular weight is 252 g/mol. The molecule has 1 atom stereocenters. The Morgan fingerprint density at radius 3 is 2.72 bits per heavy atom. The van der Waals surface area contributed by atoms with E-state index in [1.54, 1.807) is 0 Å². The number of unbranched alkanes of at least 4 members (excludes halogenated alkanes) is 1. The summed E-state index contributed by atoms with van der Waals surface area (Å²) in [5.74, 6) is 1.82. The summed E-state index contributed by atoms with van der Waals surface area (Å²) in [7, 11) is 0. The maximum absolute atomic E-state index is 3.82. The van der Waals surface area contributed by atoms with Crippen LogP contribution in [-0.4, -0.2) is 36.6 Å². The second kappa shape index (κ2) is 6.38. The van der Waals surface area contributed by atoms with Gasteiger partial charge in [0.25, 0.3) is 0 Å². The van der Waals surface area contributed by atoms with Gasteiger partial charge in [0.1, 0.15) is 0 Å². The molecule has 0 radical (unpaired) electrons. The van der Waals surface area contributed by atoms with Crippen molar-refractivity contribution in [3.63, 3.8) is 0 Å². The first-order chi connectivity index (χ1) is 8.60. The third-order valence-corrected chi connectivity index (χ3v) is 4.72. The van der Waals surface area contributed by atoms with E-state index in [1.165, 1.54) is 64.7 Å². The summed E-state index contributed by atoms with van der Waals surface area (Å²) in [5.41, 5.74) is 0.411. The maximum Gasteiger partial charge on any atom is 0.0308 e. The van der Waals surface area contributed by atoms with Gasteiger partial charge in [0.15, 0.2) is 0 Å². The van der Waals surface area contributed by atoms with Crippen molar-refractivity contribution >= 4 is 0 Å². The van der Waals surface area contributed by atoms with Crippen molar-refractivity contribution in [2.75, 3.05) is 26.2 Å². The van der Waals surface area contributed by atoms with Gasteiger partial charge >= 0.3 is 0 Å². The van der Waals surface area contributed by atoms with Crippen molar-refractivity contribution in [3.8, 4) is 0 Å². The van der Waals surface area contributed by atoms with Gasteiger partial charge in [0.2, 0.25) is 0 Å². The van der Waals surface area contributed by atoms with Crippen LogP contribution in [0.3, 0.4) is 0 Å². The molecule has 0 amide bonds. The number of nitrogens with one attached hydrogen (secondary N) is 1. The van der Waals surface area contributed by atoms with E-state index >= 15 is 0 Å². The standard InChI is InChI=1S/C16H32N2/c1-14(2)7-4-5-11-18-12-6-10-17-16(3,13-18)15-8-9-15/h14-15,17H,4-13H2,1-3H3. The molecule has 1 aliphatic heterocycles. The van der Waals surface area contributed by atoms with E-state index in [0.717, 1.165) is 11.8 Å². The molecule has 2 aliphatic rings. The number of hydrogen-bond acceptors (Lipinski definition) is 2. The quantitative estimate of drug-likeness (QED) is 0.730. The summed E-state index contributed by atoms with van der Waals surface area (Å²) in [5, 5.41) is 3.82. The van der Waals surface area contributed by atoms with E-state index in [2.05, 4.69) is 31.0 Å². The summed E-state index contributed by atoms with van der Waals surface area (Å²) < 4.78 is 0. The van der Waals surface area contributed by atoms with Gasteiger partial charge in [-0.25, -0.2) is 0 Å². The van der Waals surface area contributed by atoms with Crippen LogP contribution in [0.5, 0.6) is 0 Å². The van der Waals surface area contributed by atoms with Gasteiger partial charge in [0.05, 0.1) is 0 Å². The Labute approximate surface area is 114 Å². The molecule has 18 heavy (non-hydrogen) atoms. The highest BCUT2D eigenvalue weighted by atomic mass is 15.2. The Kier molecular flexibility index (Phi) is 5.08. The highest BCUT2D eigenvalue weighted by molar-refractivity contribution is 5.00. The molecular formula is C16H32N2. The maximum atomic E-state index is 3.82. The van der Waals surface area contributed by atoms with Crippen LogP contribution in [0.2, 0.25) is 0 Å². The van der Waals surface area contributed by atoms with E-state index < -0.39 is 0 Å². The van der Waals surface area contributed by atoms with Crippen LogP contribution in [0.1, 0.15) is 59.3 Å². The highest BCUT2D eigenvalue weighted by Gasteiger charge is 2.42. The average Bonchev–Trinajstić information content (AvgIpc) is 3.11. The Hall–Kier alpha value is -0.0800. The second-order valence-electron chi connectivity index (χ2n) is 7.14. The van der Waals surface area contributed by atoms with Crippen molar-refractivity contribution in [2.24, 2.45) is 11.8 Å². The number of hydrogen-bond donors (Lipinski definition) is 1. The zero-order valence-electron chi connectivity index (χ0n) is 12.7. The van der Waals surface area contributed by atoms with Crippen molar-refractivity contribution in [3.05, 3.63) is 0 Å². The fourth-order valence-corrected chi connectivity index (χ4v) is 3.35. The Morgan fingerprint density at radius 2 is 2.06 bits per heavy atom. The van der Waals surface area contributed by atoms with Crippen molar-refractivity contribution in [1.82, 2.24) is 10.2 Å². The number of rotatable bonds is 6. The first-order valence-corrected chi connectivity index (χ1v) is 8.07. The van der Waals surface area contributed by atoms with E-state index in [-0.39, 0.29) is 0 Å². The lowest BCUT2D eigenvalue weighted by Gasteiger charge is -2.34. The molecule has 1 aliphatic carbocycles. The molecule has 2 fully saturated rings. The van der Waals surface area contributed by atoms with Gasteiger partial charge < -0.3 is 10.2 Å². The normalized spacial score (nSPS) is 30.7. The minimum absolute atomic E-state index is 0.411. The molecule has 1 heterocycles. The molecule has 0 aromatic rings. The smallest absolute Gasteiger partial charge is 0.0308 e. The molecule has 0 spiro atoms. The van der Waals surface area contributed by atoms with Gasteiger partial charge in [-0.05, 0) is 64.1 Å². The lowest BCUT2D eigenvalue weighted by atomic mass is 9.95. The van der Waals surface area contributed by atoms with Crippen LogP contribution >= 0.6 is 0 Å². The van der Waals surface area contributed by atoms with Gasteiger partial charge in [-0.15, -0.1) is 0 Å². The third kappa shape index (κ3) is 4.24. The van der Waals surface area contributed by atoms with Crippen LogP contribution in [0.25, 0.3) is 0 Å². The largest absolute Gasteiger partial charge is 0.310 e. The Bertz CT molecular complexity index is 247. The van der Waals surface area contributed by atoms with Crippen LogP contribution in [-0.2, 0) is 0 Å². The minimum atomic E-state index is 0.411. The first-order valence-electron chi connectivity index (χ1n) is 8.07. The molecule has 2 nitrogen and oxygen atoms in total. The fourth-order valence-electron chi connectivity index (χ4n) is 3.35. The molecule has 106 valence electrons. The predicted molar refractivity (Wildman–Crippen MR) is 78.9 cm³/mol. The van der Waals surface area contributed by atoms with E-state index in [9.17, 15) is 0 Å². The summed E-state index contributed by atoms with van der Waals surface area (Å²) >= 11 is 0. The molecule has 2 heteroatoms. The van der Waals surface area contributed by atoms with E-state index in [0.29, 0.717) is 5.54 Å². The molecular weight excluding hydrogens is 220 g/mol. The summed E-state index contributed by atoms with van der Waals surface area (Å²) in [4.78, 5) is 2.72. The Balaban J connectivity index is 1.73. The van der Waals surface area contributed by atoms with Crippen LogP contribution in [0, 0.1) is 11.8 Å². The van der Waals surface area contributed by atoms with Crippen LogP contribution < -0.4 is 5.32 Å². The molecule has 0 aromatic carbocycles. The highest BCUT2D eigenvalue weighted by Crippen LogP contribution is 2.40. The lowest BCUT2D eigenvalue weighted by molar-refractivity contribution is 0.197. The topological polar surface area (TPSA) is 15.3 Å². The molecule has 1 saturated carbocycles. The SMILES string of the molecule is CC(C)CCCCN1CCCNC(C)(C2CC2)C1. The zero-order valence-corrected chi connectivity index (χ0v) is 12.7. The van der Waals surface area contributed by atoms with Gasteiger partial charge in [-0.2, -0.15) is 0 Å². The fraction of sp³-hybridized carbons (Fsp3) is 1.00. The zero-order chi connectivity index (χ0) is 13.0. The summed E-state index contributed by atoms with van der Waals surface area (Å²) in [6, 6.07) is 0. The molecule has 2 rings (SSSR count). The van der Waals surface area contributed by atoms with E-state index in [4.69, 9.17) is 0 Å². The van der Waals surface area contributed by atoms with Crippen molar-refractivity contribution < 1.29 is 0 Å². The van der Waals surface area contributed by atoms with Gasteiger partial charge in [-0.1, -0.05) is 26.7 Å². The Morgan fingerprint density at radius 1 is 1.28 bits per heavy atom. The lowest BCUT2D eigenvalue weighted by Crippen LogP contribution is -2.51. The van der Waals surface area contributed by atoms with E-state index in [1.807, 2.05) is 0 Å². The molecule has 0 aromatic heterocycles. The third-order valence-electron chi connectivity index (χ3n) is 4.72. The van der Waals surface area contributed by atoms with Crippen molar-refractivity contribution in [2.45, 2.75) is 64.8 Å². The molecule has 1 saturated heterocycles. The summed E-state index contributed by atoms with van der Waals surface area (Å²) in [6.45, 7) is 12.2. The minimum Gasteiger partial charge on any atom is -0.310 e. The molecule has 0 bridgehead atoms. The molecule has 1 unspecified atom stereocenters. The first kappa shape index (κ1) is 14.3. The summed E-state index contributed by atoms with van der Waals surface area (Å²) in [6.07, 6.45) is 8.41. The van der Waals surface area contributed by atoms with Gasteiger partial charge in [-0.3, -0.25) is 0 Å². The molecule has 1 N–H and O–H groups in total. The van der Waals surface area contributed by atoms with Crippen LogP contribution in [0.15, 0.2) is 0 Å². The second-order valence-corrected chi connectivity index (χ2v) is 7.14. The van der Waals surface area contributed by atoms with Gasteiger partial charge in [0, 0.05) is 12.1 Å². The number of nitrogens with zero attached hydrogens (tertiary/aromatic N) is 1. The van der Waals surface area contributed by atoms with Crippen molar-refractivity contribution in [1.29, 1.82) is 0 Å².